The minimum absolute atomic E-state index is 0.0433. The van der Waals surface area contributed by atoms with Crippen LogP contribution >= 0.6 is 0 Å². The molecule has 2 heterocycles. The number of piperazine rings is 1. The van der Waals surface area contributed by atoms with Gasteiger partial charge in [-0.3, -0.25) is 9.69 Å². The third-order valence-electron chi connectivity index (χ3n) is 6.17. The molecule has 1 saturated carbocycles. The van der Waals surface area contributed by atoms with E-state index in [0.717, 1.165) is 51.4 Å². The number of hydrogen-bond donors (Lipinski definition) is 1. The molecule has 1 aromatic rings. The number of likely N-dealkylation sites (tertiary alicyclic amines) is 1. The van der Waals surface area contributed by atoms with Crippen molar-refractivity contribution < 1.29 is 14.6 Å². The Balaban J connectivity index is 1.31. The lowest BCUT2D eigenvalue weighted by molar-refractivity contribution is -0.159. The summed E-state index contributed by atoms with van der Waals surface area (Å²) >= 11 is 0. The van der Waals surface area contributed by atoms with Crippen LogP contribution in [0.2, 0.25) is 0 Å². The standard InChI is InChI=1S/C21H31N3O3/c1-27-19-7-5-18(6-8-19)23-13-11-22(12-14-23)16-21(26)9-2-10-24(20(21)25)15-17-3-4-17/h5-8,17,26H,2-4,9-16H2,1H3. The zero-order valence-corrected chi connectivity index (χ0v) is 16.3. The van der Waals surface area contributed by atoms with Crippen LogP contribution in [-0.4, -0.2) is 79.3 Å². The van der Waals surface area contributed by atoms with E-state index in [9.17, 15) is 9.90 Å². The van der Waals surface area contributed by atoms with Crippen LogP contribution in [0.25, 0.3) is 0 Å². The fourth-order valence-corrected chi connectivity index (χ4v) is 4.33. The van der Waals surface area contributed by atoms with Crippen molar-refractivity contribution >= 4 is 11.6 Å². The summed E-state index contributed by atoms with van der Waals surface area (Å²) in [4.78, 5) is 19.4. The monoisotopic (exact) mass is 373 g/mol. The third kappa shape index (κ3) is 4.22. The third-order valence-corrected chi connectivity index (χ3v) is 6.17. The minimum atomic E-state index is -1.20. The highest BCUT2D eigenvalue weighted by Gasteiger charge is 2.44. The van der Waals surface area contributed by atoms with Gasteiger partial charge in [-0.05, 0) is 55.9 Å². The van der Waals surface area contributed by atoms with Gasteiger partial charge in [-0.2, -0.15) is 0 Å². The van der Waals surface area contributed by atoms with Crippen LogP contribution < -0.4 is 9.64 Å². The Bertz CT molecular complexity index is 653. The number of nitrogens with zero attached hydrogens (tertiary/aromatic N) is 3. The first kappa shape index (κ1) is 18.6. The van der Waals surface area contributed by atoms with Crippen molar-refractivity contribution in [3.63, 3.8) is 0 Å². The summed E-state index contributed by atoms with van der Waals surface area (Å²) in [6.45, 7) is 5.65. The second kappa shape index (κ2) is 7.68. The van der Waals surface area contributed by atoms with Gasteiger partial charge in [0.1, 0.15) is 5.75 Å². The lowest BCUT2D eigenvalue weighted by atomic mass is 9.90. The molecule has 6 heteroatoms. The molecule has 4 rings (SSSR count). The summed E-state index contributed by atoms with van der Waals surface area (Å²) in [5, 5.41) is 11.1. The van der Waals surface area contributed by atoms with Gasteiger partial charge in [0.15, 0.2) is 5.60 Å². The summed E-state index contributed by atoms with van der Waals surface area (Å²) in [6, 6.07) is 8.14. The van der Waals surface area contributed by atoms with Gasteiger partial charge >= 0.3 is 0 Å². The molecule has 0 bridgehead atoms. The van der Waals surface area contributed by atoms with Crippen LogP contribution in [-0.2, 0) is 4.79 Å². The van der Waals surface area contributed by atoms with E-state index in [1.54, 1.807) is 7.11 Å². The van der Waals surface area contributed by atoms with E-state index in [0.29, 0.717) is 18.9 Å². The van der Waals surface area contributed by atoms with Gasteiger partial charge < -0.3 is 19.6 Å². The first-order valence-corrected chi connectivity index (χ1v) is 10.2. The normalized spacial score (nSPS) is 27.1. The molecule has 1 unspecified atom stereocenters. The van der Waals surface area contributed by atoms with Gasteiger partial charge in [-0.25, -0.2) is 0 Å². The Hall–Kier alpha value is -1.79. The Labute approximate surface area is 161 Å². The lowest BCUT2D eigenvalue weighted by Gasteiger charge is -2.43. The van der Waals surface area contributed by atoms with Crippen LogP contribution in [0.15, 0.2) is 24.3 Å². The highest BCUT2D eigenvalue weighted by atomic mass is 16.5. The van der Waals surface area contributed by atoms with Crippen molar-refractivity contribution in [1.82, 2.24) is 9.80 Å². The molecule has 3 aliphatic rings. The van der Waals surface area contributed by atoms with Crippen LogP contribution in [0.4, 0.5) is 5.69 Å². The number of methoxy groups -OCH3 is 1. The number of amides is 1. The average molecular weight is 373 g/mol. The van der Waals surface area contributed by atoms with E-state index in [2.05, 4.69) is 21.9 Å². The molecule has 1 amide bonds. The summed E-state index contributed by atoms with van der Waals surface area (Å²) in [5.41, 5.74) is -0.00592. The Morgan fingerprint density at radius 2 is 1.81 bits per heavy atom. The zero-order chi connectivity index (χ0) is 18.9. The smallest absolute Gasteiger partial charge is 0.255 e. The number of ether oxygens (including phenoxy) is 1. The molecule has 1 atom stereocenters. The van der Waals surface area contributed by atoms with Crippen molar-refractivity contribution in [2.24, 2.45) is 5.92 Å². The van der Waals surface area contributed by atoms with Gasteiger partial charge in [-0.1, -0.05) is 0 Å². The quantitative estimate of drug-likeness (QED) is 0.821. The van der Waals surface area contributed by atoms with Crippen LogP contribution in [0.1, 0.15) is 25.7 Å². The van der Waals surface area contributed by atoms with E-state index < -0.39 is 5.60 Å². The molecule has 2 saturated heterocycles. The number of hydrogen-bond acceptors (Lipinski definition) is 5. The molecular weight excluding hydrogens is 342 g/mol. The van der Waals surface area contributed by atoms with Crippen molar-refractivity contribution in [2.75, 3.05) is 57.8 Å². The average Bonchev–Trinajstić information content (AvgIpc) is 3.50. The first-order valence-electron chi connectivity index (χ1n) is 10.2. The van der Waals surface area contributed by atoms with Crippen LogP contribution in [0.5, 0.6) is 5.75 Å². The first-order chi connectivity index (χ1) is 13.1. The van der Waals surface area contributed by atoms with Crippen molar-refractivity contribution in [3.8, 4) is 5.75 Å². The van der Waals surface area contributed by atoms with Crippen LogP contribution in [0, 0.1) is 5.92 Å². The SMILES string of the molecule is COc1ccc(N2CCN(CC3(O)CCCN(CC4CC4)C3=O)CC2)cc1. The summed E-state index contributed by atoms with van der Waals surface area (Å²) in [5.74, 6) is 1.49. The van der Waals surface area contributed by atoms with Crippen molar-refractivity contribution in [2.45, 2.75) is 31.3 Å². The Kier molecular flexibility index (Phi) is 5.28. The molecule has 0 spiro atoms. The summed E-state index contributed by atoms with van der Waals surface area (Å²) in [6.07, 6.45) is 3.96. The van der Waals surface area contributed by atoms with E-state index in [1.807, 2.05) is 17.0 Å². The molecule has 1 N–H and O–H groups in total. The Morgan fingerprint density at radius 1 is 1.11 bits per heavy atom. The predicted molar refractivity (Wildman–Crippen MR) is 105 cm³/mol. The fraction of sp³-hybridized carbons (Fsp3) is 0.667. The van der Waals surface area contributed by atoms with E-state index in [1.165, 1.54) is 18.5 Å². The van der Waals surface area contributed by atoms with Gasteiger partial charge in [0.25, 0.3) is 5.91 Å². The molecule has 148 valence electrons. The van der Waals surface area contributed by atoms with Gasteiger partial charge in [0.2, 0.25) is 0 Å². The maximum atomic E-state index is 12.9. The van der Waals surface area contributed by atoms with E-state index >= 15 is 0 Å². The molecule has 27 heavy (non-hydrogen) atoms. The van der Waals surface area contributed by atoms with Gasteiger partial charge in [0, 0.05) is 51.5 Å². The second-order valence-corrected chi connectivity index (χ2v) is 8.29. The maximum Gasteiger partial charge on any atom is 0.255 e. The highest BCUT2D eigenvalue weighted by molar-refractivity contribution is 5.86. The number of benzene rings is 1. The molecule has 0 aromatic heterocycles. The van der Waals surface area contributed by atoms with Crippen molar-refractivity contribution in [3.05, 3.63) is 24.3 Å². The molecule has 3 fully saturated rings. The molecular formula is C21H31N3O3. The van der Waals surface area contributed by atoms with Gasteiger partial charge in [0.05, 0.1) is 7.11 Å². The van der Waals surface area contributed by atoms with Gasteiger partial charge in [-0.15, -0.1) is 0 Å². The second-order valence-electron chi connectivity index (χ2n) is 8.29. The molecule has 2 aliphatic heterocycles. The molecule has 6 nitrogen and oxygen atoms in total. The van der Waals surface area contributed by atoms with E-state index in [-0.39, 0.29) is 5.91 Å². The number of carbonyl (C=O) groups is 1. The topological polar surface area (TPSA) is 56.2 Å². The highest BCUT2D eigenvalue weighted by Crippen LogP contribution is 2.33. The number of aliphatic hydroxyl groups is 1. The number of piperidine rings is 1. The van der Waals surface area contributed by atoms with Crippen molar-refractivity contribution in [1.29, 1.82) is 0 Å². The maximum absolute atomic E-state index is 12.9. The Morgan fingerprint density at radius 3 is 2.44 bits per heavy atom. The number of rotatable bonds is 6. The minimum Gasteiger partial charge on any atom is -0.497 e. The lowest BCUT2D eigenvalue weighted by Crippen LogP contribution is -2.60. The number of anilines is 1. The summed E-state index contributed by atoms with van der Waals surface area (Å²) in [7, 11) is 1.68. The molecule has 0 radical (unpaired) electrons. The van der Waals surface area contributed by atoms with E-state index in [4.69, 9.17) is 4.74 Å². The number of β-amino-alcohol motifs (C(OH)–C–C–N with tert-alkyl or cyclic N) is 1. The number of carbonyl (C=O) groups excluding carboxylic acids is 1. The zero-order valence-electron chi connectivity index (χ0n) is 16.3. The largest absolute Gasteiger partial charge is 0.497 e. The molecule has 1 aliphatic carbocycles. The summed E-state index contributed by atoms with van der Waals surface area (Å²) < 4.78 is 5.23. The fourth-order valence-electron chi connectivity index (χ4n) is 4.33. The van der Waals surface area contributed by atoms with Crippen LogP contribution in [0.3, 0.4) is 0 Å². The predicted octanol–water partition coefficient (Wildman–Crippen LogP) is 1.58. The molecule has 1 aromatic carbocycles.